The van der Waals surface area contributed by atoms with Crippen molar-refractivity contribution in [3.05, 3.63) is 78.4 Å². The Labute approximate surface area is 120 Å². The Morgan fingerprint density at radius 1 is 1.05 bits per heavy atom. The van der Waals surface area contributed by atoms with Crippen LogP contribution in [0.15, 0.2) is 67.0 Å². The molecule has 0 saturated carbocycles. The average Bonchev–Trinajstić information content (AvgIpc) is 3.04. The van der Waals surface area contributed by atoms with Crippen molar-refractivity contribution >= 4 is 5.97 Å². The molecule has 0 radical (unpaired) electrons. The second-order valence-electron chi connectivity index (χ2n) is 4.29. The molecular formula is C16H11FN2O2. The maximum atomic E-state index is 13.5. The van der Waals surface area contributed by atoms with Gasteiger partial charge in [-0.15, -0.1) is 0 Å². The first-order valence-electron chi connectivity index (χ1n) is 6.31. The van der Waals surface area contributed by atoms with Crippen LogP contribution in [0.2, 0.25) is 0 Å². The summed E-state index contributed by atoms with van der Waals surface area (Å²) in [6.45, 7) is 0. The molecule has 4 nitrogen and oxygen atoms in total. The van der Waals surface area contributed by atoms with Gasteiger partial charge in [0, 0.05) is 12.4 Å². The fourth-order valence-corrected chi connectivity index (χ4v) is 1.94. The zero-order valence-corrected chi connectivity index (χ0v) is 10.9. The lowest BCUT2D eigenvalue weighted by molar-refractivity contribution is 0.0727. The molecule has 21 heavy (non-hydrogen) atoms. The third-order valence-electron chi connectivity index (χ3n) is 2.91. The fourth-order valence-electron chi connectivity index (χ4n) is 1.94. The van der Waals surface area contributed by atoms with Gasteiger partial charge in [0.1, 0.15) is 0 Å². The third kappa shape index (κ3) is 2.67. The Bertz CT molecular complexity index is 769. The average molecular weight is 282 g/mol. The number of carbonyl (C=O) groups excluding carboxylic acids is 1. The first-order chi connectivity index (χ1) is 10.3. The van der Waals surface area contributed by atoms with Crippen LogP contribution in [0.5, 0.6) is 5.75 Å². The number of para-hydroxylation sites is 2. The first kappa shape index (κ1) is 13.1. The van der Waals surface area contributed by atoms with Crippen LogP contribution >= 0.6 is 0 Å². The molecule has 0 amide bonds. The van der Waals surface area contributed by atoms with Gasteiger partial charge in [-0.3, -0.25) is 0 Å². The van der Waals surface area contributed by atoms with Gasteiger partial charge in [-0.05, 0) is 30.3 Å². The second kappa shape index (κ2) is 5.58. The predicted octanol–water partition coefficient (Wildman–Crippen LogP) is 3.23. The SMILES string of the molecule is O=C(Oc1ccccc1F)c1ccccc1-n1cccn1. The summed E-state index contributed by atoms with van der Waals surface area (Å²) in [4.78, 5) is 12.3. The highest BCUT2D eigenvalue weighted by Crippen LogP contribution is 2.20. The van der Waals surface area contributed by atoms with Crippen LogP contribution in [0.25, 0.3) is 5.69 Å². The number of nitrogens with zero attached hydrogens (tertiary/aromatic N) is 2. The highest BCUT2D eigenvalue weighted by atomic mass is 19.1. The largest absolute Gasteiger partial charge is 0.420 e. The van der Waals surface area contributed by atoms with Crippen LogP contribution in [-0.2, 0) is 0 Å². The van der Waals surface area contributed by atoms with Gasteiger partial charge in [0.05, 0.1) is 11.3 Å². The van der Waals surface area contributed by atoms with E-state index >= 15 is 0 Å². The van der Waals surface area contributed by atoms with Crippen molar-refractivity contribution in [1.82, 2.24) is 9.78 Å². The summed E-state index contributed by atoms with van der Waals surface area (Å²) in [7, 11) is 0. The van der Waals surface area contributed by atoms with Crippen molar-refractivity contribution in [2.45, 2.75) is 0 Å². The summed E-state index contributed by atoms with van der Waals surface area (Å²) in [5.41, 5.74) is 0.883. The number of benzene rings is 2. The van der Waals surface area contributed by atoms with Crippen LogP contribution in [0.1, 0.15) is 10.4 Å². The highest BCUT2D eigenvalue weighted by Gasteiger charge is 2.16. The Hall–Kier alpha value is -2.95. The number of hydrogen-bond acceptors (Lipinski definition) is 3. The van der Waals surface area contributed by atoms with Gasteiger partial charge in [-0.2, -0.15) is 5.10 Å². The Morgan fingerprint density at radius 3 is 2.57 bits per heavy atom. The van der Waals surface area contributed by atoms with Gasteiger partial charge in [0.25, 0.3) is 0 Å². The van der Waals surface area contributed by atoms with Crippen LogP contribution in [0.4, 0.5) is 4.39 Å². The minimum Gasteiger partial charge on any atom is -0.420 e. The second-order valence-corrected chi connectivity index (χ2v) is 4.29. The van der Waals surface area contributed by atoms with Crippen LogP contribution in [0, 0.1) is 5.82 Å². The molecule has 2 aromatic carbocycles. The van der Waals surface area contributed by atoms with Crippen LogP contribution in [-0.4, -0.2) is 15.7 Å². The van der Waals surface area contributed by atoms with E-state index in [1.807, 2.05) is 0 Å². The van der Waals surface area contributed by atoms with E-state index in [4.69, 9.17) is 4.74 Å². The smallest absolute Gasteiger partial charge is 0.345 e. The lowest BCUT2D eigenvalue weighted by atomic mass is 10.2. The Balaban J connectivity index is 1.94. The number of carbonyl (C=O) groups is 1. The molecule has 0 bridgehead atoms. The van der Waals surface area contributed by atoms with E-state index in [-0.39, 0.29) is 5.75 Å². The minimum absolute atomic E-state index is 0.0993. The molecule has 0 aliphatic rings. The summed E-state index contributed by atoms with van der Waals surface area (Å²) in [5, 5.41) is 4.09. The molecule has 0 atom stereocenters. The van der Waals surface area contributed by atoms with E-state index in [0.29, 0.717) is 11.3 Å². The fraction of sp³-hybridized carbons (Fsp3) is 0. The molecule has 0 saturated heterocycles. The number of hydrogen-bond donors (Lipinski definition) is 0. The van der Waals surface area contributed by atoms with Crippen molar-refractivity contribution in [1.29, 1.82) is 0 Å². The highest BCUT2D eigenvalue weighted by molar-refractivity contribution is 5.94. The molecule has 0 unspecified atom stereocenters. The van der Waals surface area contributed by atoms with E-state index in [2.05, 4.69) is 5.10 Å². The topological polar surface area (TPSA) is 44.1 Å². The molecule has 1 heterocycles. The van der Waals surface area contributed by atoms with Gasteiger partial charge in [0.2, 0.25) is 0 Å². The van der Waals surface area contributed by atoms with Crippen LogP contribution < -0.4 is 4.74 Å². The summed E-state index contributed by atoms with van der Waals surface area (Å²) in [6.07, 6.45) is 3.33. The van der Waals surface area contributed by atoms with Crippen LogP contribution in [0.3, 0.4) is 0 Å². The molecule has 3 rings (SSSR count). The maximum absolute atomic E-state index is 13.5. The molecule has 0 aliphatic carbocycles. The molecule has 5 heteroatoms. The first-order valence-corrected chi connectivity index (χ1v) is 6.31. The monoisotopic (exact) mass is 282 g/mol. The summed E-state index contributed by atoms with van der Waals surface area (Å²) in [5.74, 6) is -1.31. The summed E-state index contributed by atoms with van der Waals surface area (Å²) >= 11 is 0. The molecular weight excluding hydrogens is 271 g/mol. The summed E-state index contributed by atoms with van der Waals surface area (Å²) in [6, 6.07) is 14.4. The van der Waals surface area contributed by atoms with Gasteiger partial charge >= 0.3 is 5.97 Å². The Morgan fingerprint density at radius 2 is 1.81 bits per heavy atom. The Kier molecular flexibility index (Phi) is 3.47. The van der Waals surface area contributed by atoms with Crippen molar-refractivity contribution in [3.63, 3.8) is 0 Å². The summed E-state index contributed by atoms with van der Waals surface area (Å²) < 4.78 is 20.2. The van der Waals surface area contributed by atoms with E-state index in [9.17, 15) is 9.18 Å². The maximum Gasteiger partial charge on any atom is 0.345 e. The third-order valence-corrected chi connectivity index (χ3v) is 2.91. The molecule has 0 N–H and O–H groups in total. The molecule has 0 fully saturated rings. The van der Waals surface area contributed by atoms with E-state index in [1.165, 1.54) is 18.2 Å². The molecule has 104 valence electrons. The normalized spacial score (nSPS) is 10.3. The van der Waals surface area contributed by atoms with E-state index in [1.54, 1.807) is 53.5 Å². The number of aromatic nitrogens is 2. The number of rotatable bonds is 3. The number of ether oxygens (including phenoxy) is 1. The standard InChI is InChI=1S/C16H11FN2O2/c17-13-7-2-4-9-15(13)21-16(20)12-6-1-3-8-14(12)19-11-5-10-18-19/h1-11H. The molecule has 3 aromatic rings. The van der Waals surface area contributed by atoms with Crippen molar-refractivity contribution < 1.29 is 13.9 Å². The van der Waals surface area contributed by atoms with Crippen molar-refractivity contribution in [2.75, 3.05) is 0 Å². The molecule has 0 aliphatic heterocycles. The molecule has 1 aromatic heterocycles. The number of halogens is 1. The van der Waals surface area contributed by atoms with E-state index < -0.39 is 11.8 Å². The zero-order valence-electron chi connectivity index (χ0n) is 10.9. The number of esters is 1. The lowest BCUT2D eigenvalue weighted by Crippen LogP contribution is -2.13. The van der Waals surface area contributed by atoms with Gasteiger partial charge in [0.15, 0.2) is 11.6 Å². The zero-order chi connectivity index (χ0) is 14.7. The van der Waals surface area contributed by atoms with Gasteiger partial charge < -0.3 is 4.74 Å². The van der Waals surface area contributed by atoms with E-state index in [0.717, 1.165) is 0 Å². The lowest BCUT2D eigenvalue weighted by Gasteiger charge is -2.09. The minimum atomic E-state index is -0.633. The van der Waals surface area contributed by atoms with Crippen molar-refractivity contribution in [3.8, 4) is 11.4 Å². The van der Waals surface area contributed by atoms with Gasteiger partial charge in [-0.25, -0.2) is 13.9 Å². The van der Waals surface area contributed by atoms with Crippen molar-refractivity contribution in [2.24, 2.45) is 0 Å². The predicted molar refractivity (Wildman–Crippen MR) is 74.9 cm³/mol. The molecule has 0 spiro atoms. The van der Waals surface area contributed by atoms with Gasteiger partial charge in [-0.1, -0.05) is 24.3 Å². The quantitative estimate of drug-likeness (QED) is 0.547.